The van der Waals surface area contributed by atoms with Gasteiger partial charge in [-0.3, -0.25) is 4.79 Å². The zero-order valence-electron chi connectivity index (χ0n) is 21.7. The third-order valence-corrected chi connectivity index (χ3v) is 8.27. The van der Waals surface area contributed by atoms with Crippen molar-refractivity contribution in [2.24, 2.45) is 0 Å². The second kappa shape index (κ2) is 11.7. The number of benzene rings is 2. The molecule has 2 aliphatic rings. The van der Waals surface area contributed by atoms with Crippen LogP contribution in [0.25, 0.3) is 0 Å². The SMILES string of the molecule is COC(=O)c1cc(Cl)cc(C)c1NC(=O)C1([N+]2(CC(=O)OCc3ccccc3)CCCCCC2)CCC1. The van der Waals surface area contributed by atoms with E-state index in [4.69, 9.17) is 21.1 Å². The molecule has 37 heavy (non-hydrogen) atoms. The molecule has 1 saturated carbocycles. The van der Waals surface area contributed by atoms with Crippen molar-refractivity contribution in [2.45, 2.75) is 64.0 Å². The zero-order valence-corrected chi connectivity index (χ0v) is 22.4. The van der Waals surface area contributed by atoms with Crippen LogP contribution in [0.15, 0.2) is 42.5 Å². The van der Waals surface area contributed by atoms with Gasteiger partial charge in [-0.2, -0.15) is 0 Å². The average molecular weight is 528 g/mol. The number of hydrogen-bond donors (Lipinski definition) is 1. The van der Waals surface area contributed by atoms with E-state index >= 15 is 0 Å². The summed E-state index contributed by atoms with van der Waals surface area (Å²) in [5.74, 6) is -1.01. The predicted octanol–water partition coefficient (Wildman–Crippen LogP) is 5.43. The number of anilines is 1. The fraction of sp³-hybridized carbons (Fsp3) is 0.483. The second-order valence-electron chi connectivity index (χ2n) is 10.3. The Morgan fingerprint density at radius 1 is 1.00 bits per heavy atom. The van der Waals surface area contributed by atoms with Crippen LogP contribution in [0, 0.1) is 6.92 Å². The number of likely N-dealkylation sites (tertiary alicyclic amines) is 1. The molecule has 7 nitrogen and oxygen atoms in total. The van der Waals surface area contributed by atoms with Crippen LogP contribution in [0.4, 0.5) is 5.69 Å². The molecular formula is C29H36ClN2O5+. The van der Waals surface area contributed by atoms with Crippen LogP contribution in [-0.4, -0.2) is 54.6 Å². The molecular weight excluding hydrogens is 492 g/mol. The fourth-order valence-corrected chi connectivity index (χ4v) is 6.17. The number of halogens is 1. The van der Waals surface area contributed by atoms with Gasteiger partial charge in [-0.15, -0.1) is 0 Å². The maximum absolute atomic E-state index is 14.1. The van der Waals surface area contributed by atoms with Gasteiger partial charge in [0.25, 0.3) is 5.91 Å². The molecule has 2 aromatic rings. The summed E-state index contributed by atoms with van der Waals surface area (Å²) in [4.78, 5) is 39.8. The van der Waals surface area contributed by atoms with Crippen molar-refractivity contribution in [3.63, 3.8) is 0 Å². The van der Waals surface area contributed by atoms with E-state index in [1.54, 1.807) is 13.0 Å². The lowest BCUT2D eigenvalue weighted by atomic mass is 9.71. The molecule has 1 aliphatic carbocycles. The van der Waals surface area contributed by atoms with Crippen molar-refractivity contribution in [3.05, 3.63) is 64.2 Å². The molecule has 0 unspecified atom stereocenters. The van der Waals surface area contributed by atoms with Gasteiger partial charge in [0.05, 0.1) is 31.5 Å². The normalized spacial score (nSPS) is 18.1. The summed E-state index contributed by atoms with van der Waals surface area (Å²) in [6.07, 6.45) is 6.35. The fourth-order valence-electron chi connectivity index (χ4n) is 5.90. The highest BCUT2D eigenvalue weighted by molar-refractivity contribution is 6.31. The number of nitrogens with zero attached hydrogens (tertiary/aromatic N) is 1. The number of amides is 1. The Morgan fingerprint density at radius 3 is 2.27 bits per heavy atom. The van der Waals surface area contributed by atoms with Crippen LogP contribution in [0.5, 0.6) is 0 Å². The van der Waals surface area contributed by atoms with E-state index in [-0.39, 0.29) is 30.6 Å². The molecule has 8 heteroatoms. The number of carbonyl (C=O) groups is 3. The lowest BCUT2D eigenvalue weighted by Gasteiger charge is -2.55. The van der Waals surface area contributed by atoms with Crippen LogP contribution in [0.3, 0.4) is 0 Å². The number of methoxy groups -OCH3 is 1. The van der Waals surface area contributed by atoms with Gasteiger partial charge in [0.1, 0.15) is 6.61 Å². The monoisotopic (exact) mass is 527 g/mol. The largest absolute Gasteiger partial charge is 0.465 e. The van der Waals surface area contributed by atoms with Crippen molar-refractivity contribution in [1.82, 2.24) is 0 Å². The van der Waals surface area contributed by atoms with E-state index in [0.717, 1.165) is 50.8 Å². The molecule has 0 spiro atoms. The molecule has 0 aromatic heterocycles. The first kappa shape index (κ1) is 27.1. The number of quaternary nitrogens is 1. The number of nitrogens with one attached hydrogen (secondary N) is 1. The highest BCUT2D eigenvalue weighted by atomic mass is 35.5. The maximum Gasteiger partial charge on any atom is 0.362 e. The third kappa shape index (κ3) is 5.68. The van der Waals surface area contributed by atoms with Gasteiger partial charge in [-0.25, -0.2) is 9.59 Å². The highest BCUT2D eigenvalue weighted by Gasteiger charge is 2.61. The minimum atomic E-state index is -0.754. The van der Waals surface area contributed by atoms with E-state index in [9.17, 15) is 14.4 Å². The predicted molar refractivity (Wildman–Crippen MR) is 142 cm³/mol. The van der Waals surface area contributed by atoms with Gasteiger partial charge in [0.15, 0.2) is 12.1 Å². The average Bonchev–Trinajstić information content (AvgIpc) is 3.09. The highest BCUT2D eigenvalue weighted by Crippen LogP contribution is 2.46. The molecule has 1 saturated heterocycles. The van der Waals surface area contributed by atoms with Crippen LogP contribution < -0.4 is 5.32 Å². The minimum Gasteiger partial charge on any atom is -0.465 e. The molecule has 1 aliphatic heterocycles. The molecule has 198 valence electrons. The quantitative estimate of drug-likeness (QED) is 0.365. The molecule has 0 atom stereocenters. The van der Waals surface area contributed by atoms with Gasteiger partial charge >= 0.3 is 11.9 Å². The van der Waals surface area contributed by atoms with E-state index in [1.807, 2.05) is 30.3 Å². The Kier molecular flexibility index (Phi) is 8.55. The molecule has 2 fully saturated rings. The number of aryl methyl sites for hydroxylation is 1. The van der Waals surface area contributed by atoms with E-state index in [2.05, 4.69) is 5.32 Å². The van der Waals surface area contributed by atoms with Crippen LogP contribution in [0.2, 0.25) is 5.02 Å². The minimum absolute atomic E-state index is 0.156. The molecule has 1 heterocycles. The number of carbonyl (C=O) groups excluding carboxylic acids is 3. The number of hydrogen-bond acceptors (Lipinski definition) is 5. The van der Waals surface area contributed by atoms with Crippen LogP contribution in [0.1, 0.15) is 66.4 Å². The van der Waals surface area contributed by atoms with Gasteiger partial charge in [-0.05, 0) is 62.3 Å². The molecule has 2 aromatic carbocycles. The standard InChI is InChI=1S/C29H35ClN2O5/c1-21-17-23(30)18-24(27(34)36-2)26(21)31-28(35)29(13-10-14-29)32(15-8-3-4-9-16-32)19-25(33)37-20-22-11-6-5-7-12-22/h5-7,11-12,17-18H,3-4,8-10,13-16,19-20H2,1-2H3/p+1. The molecule has 0 bridgehead atoms. The number of esters is 2. The Hall–Kier alpha value is -2.90. The van der Waals surface area contributed by atoms with E-state index in [0.29, 0.717) is 33.6 Å². The van der Waals surface area contributed by atoms with Crippen LogP contribution in [-0.2, 0) is 25.7 Å². The van der Waals surface area contributed by atoms with Crippen molar-refractivity contribution >= 4 is 35.1 Å². The summed E-state index contributed by atoms with van der Waals surface area (Å²) in [5, 5.41) is 3.47. The van der Waals surface area contributed by atoms with Gasteiger partial charge < -0.3 is 19.3 Å². The Labute approximate surface area is 223 Å². The second-order valence-corrected chi connectivity index (χ2v) is 10.7. The Morgan fingerprint density at radius 2 is 1.68 bits per heavy atom. The topological polar surface area (TPSA) is 81.7 Å². The van der Waals surface area contributed by atoms with Crippen molar-refractivity contribution in [2.75, 3.05) is 32.1 Å². The van der Waals surface area contributed by atoms with Crippen LogP contribution >= 0.6 is 11.6 Å². The van der Waals surface area contributed by atoms with Gasteiger partial charge in [0.2, 0.25) is 0 Å². The van der Waals surface area contributed by atoms with Gasteiger partial charge in [-0.1, -0.05) is 41.9 Å². The Bertz CT molecular complexity index is 1140. The van der Waals surface area contributed by atoms with E-state index < -0.39 is 11.5 Å². The lowest BCUT2D eigenvalue weighted by Crippen LogP contribution is -2.74. The van der Waals surface area contributed by atoms with Gasteiger partial charge in [0, 0.05) is 17.9 Å². The summed E-state index contributed by atoms with van der Waals surface area (Å²) < 4.78 is 11.0. The summed E-state index contributed by atoms with van der Waals surface area (Å²) in [7, 11) is 1.30. The van der Waals surface area contributed by atoms with Crippen molar-refractivity contribution in [1.29, 1.82) is 0 Å². The molecule has 4 rings (SSSR count). The first-order chi connectivity index (χ1) is 17.8. The summed E-state index contributed by atoms with van der Waals surface area (Å²) in [6, 6.07) is 12.8. The maximum atomic E-state index is 14.1. The number of ether oxygens (including phenoxy) is 2. The summed E-state index contributed by atoms with van der Waals surface area (Å²) in [6.45, 7) is 3.67. The zero-order chi connectivity index (χ0) is 26.5. The first-order valence-corrected chi connectivity index (χ1v) is 13.4. The number of rotatable bonds is 8. The summed E-state index contributed by atoms with van der Waals surface area (Å²) >= 11 is 6.21. The van der Waals surface area contributed by atoms with Crippen molar-refractivity contribution in [3.8, 4) is 0 Å². The lowest BCUT2D eigenvalue weighted by molar-refractivity contribution is -0.965. The first-order valence-electron chi connectivity index (χ1n) is 13.1. The van der Waals surface area contributed by atoms with Crippen molar-refractivity contribution < 1.29 is 28.3 Å². The summed E-state index contributed by atoms with van der Waals surface area (Å²) in [5.41, 5.74) is 1.49. The smallest absolute Gasteiger partial charge is 0.362 e. The molecule has 1 N–H and O–H groups in total. The third-order valence-electron chi connectivity index (χ3n) is 8.05. The molecule has 0 radical (unpaired) electrons. The Balaban J connectivity index is 1.62. The molecule has 1 amide bonds. The van der Waals surface area contributed by atoms with E-state index in [1.165, 1.54) is 13.2 Å².